The Morgan fingerprint density at radius 2 is 0.769 bits per heavy atom. The van der Waals surface area contributed by atoms with Crippen LogP contribution in [0.5, 0.6) is 0 Å². The second-order valence-corrected chi connectivity index (χ2v) is 19.8. The fourth-order valence-electron chi connectivity index (χ4n) is 1.49. The Bertz CT molecular complexity index is 231. The molecule has 0 saturated heterocycles. The fourth-order valence-corrected chi connectivity index (χ4v) is 13.1. The average Bonchev–Trinajstić information content (AvgIpc) is 1.82. The van der Waals surface area contributed by atoms with E-state index in [1.165, 1.54) is 27.7 Å². The monoisotopic (exact) mass is 380 g/mol. The van der Waals surface area contributed by atoms with Gasteiger partial charge in [-0.2, -0.15) is 0 Å². The molecule has 0 fully saturated rings. The normalized spacial score (nSPS) is 10.8. The molecule has 0 aliphatic carbocycles. The number of carbonyl (C=O) groups is 4. The first-order valence-corrected chi connectivity index (χ1v) is 11.6. The van der Waals surface area contributed by atoms with Gasteiger partial charge in [-0.25, -0.2) is 0 Å². The Kier molecular flexibility index (Phi) is 4.08. The molecule has 0 bridgehead atoms. The van der Waals surface area contributed by atoms with Crippen LogP contribution in [0.2, 0.25) is 0 Å². The first kappa shape index (κ1) is 12.6. The molecule has 0 amide bonds. The Morgan fingerprint density at radius 3 is 0.769 bits per heavy atom. The molecule has 0 aromatic rings. The third-order valence-electron chi connectivity index (χ3n) is 2.11. The summed E-state index contributed by atoms with van der Waals surface area (Å²) in [6.07, 6.45) is 0. The van der Waals surface area contributed by atoms with Crippen LogP contribution < -0.4 is 0 Å². The van der Waals surface area contributed by atoms with Crippen molar-refractivity contribution in [2.24, 2.45) is 0 Å². The van der Waals surface area contributed by atoms with Gasteiger partial charge in [-0.15, -0.1) is 0 Å². The summed E-state index contributed by atoms with van der Waals surface area (Å²) < 4.78 is -1.94. The van der Waals surface area contributed by atoms with Gasteiger partial charge >= 0.3 is 81.4 Å². The molecule has 0 spiro atoms. The van der Waals surface area contributed by atoms with Gasteiger partial charge in [0.25, 0.3) is 0 Å². The molecule has 0 aliphatic rings. The van der Waals surface area contributed by atoms with Crippen molar-refractivity contribution in [3.05, 3.63) is 0 Å². The second kappa shape index (κ2) is 4.21. The van der Waals surface area contributed by atoms with E-state index in [1.807, 2.05) is 0 Å². The first-order chi connectivity index (χ1) is 5.77. The third-order valence-corrected chi connectivity index (χ3v) is 18.5. The molecule has 0 aromatic carbocycles. The Labute approximate surface area is 81.3 Å². The third kappa shape index (κ3) is 1.92. The molecule has 0 saturated carbocycles. The second-order valence-electron chi connectivity index (χ2n) is 2.97. The molecule has 13 heavy (non-hydrogen) atoms. The van der Waals surface area contributed by atoms with E-state index in [0.29, 0.717) is 0 Å². The minimum atomic E-state index is -4.62. The van der Waals surface area contributed by atoms with Crippen LogP contribution in [-0.4, -0.2) is 34.5 Å². The maximum atomic E-state index is 11.2. The summed E-state index contributed by atoms with van der Waals surface area (Å²) in [5.74, 6) is 0. The Hall–Kier alpha value is -0.398. The molecular weight excluding hydrogens is 367 g/mol. The van der Waals surface area contributed by atoms with E-state index < -0.39 is 34.5 Å². The maximum absolute atomic E-state index is 11.2. The Balaban J connectivity index is 5.60. The van der Waals surface area contributed by atoms with E-state index in [4.69, 9.17) is 0 Å². The van der Waals surface area contributed by atoms with Crippen molar-refractivity contribution in [2.75, 3.05) is 0 Å². The zero-order valence-electron chi connectivity index (χ0n) is 8.13. The van der Waals surface area contributed by atoms with Gasteiger partial charge in [0.05, 0.1) is 0 Å². The quantitative estimate of drug-likeness (QED) is 0.643. The van der Waals surface area contributed by atoms with Gasteiger partial charge in [-0.3, -0.25) is 0 Å². The van der Waals surface area contributed by atoms with Crippen molar-refractivity contribution < 1.29 is 19.2 Å². The average molecular weight is 379 g/mol. The van der Waals surface area contributed by atoms with Crippen molar-refractivity contribution in [1.82, 2.24) is 0 Å². The summed E-state index contributed by atoms with van der Waals surface area (Å²) in [7, 11) is 0. The van der Waals surface area contributed by atoms with Crippen molar-refractivity contribution in [2.45, 2.75) is 27.7 Å². The van der Waals surface area contributed by atoms with E-state index >= 15 is 0 Å². The molecule has 0 unspecified atom stereocenters. The van der Waals surface area contributed by atoms with Crippen LogP contribution in [0.1, 0.15) is 27.7 Å². The predicted octanol–water partition coefficient (Wildman–Crippen LogP) is -0.0520. The first-order valence-electron chi connectivity index (χ1n) is 3.82. The zero-order chi connectivity index (χ0) is 10.8. The SMILES string of the molecule is C[C](=O)[Pb]([C](C)=O)([C](C)=O)[C](C)=O. The van der Waals surface area contributed by atoms with Crippen LogP contribution in [0.15, 0.2) is 0 Å². The molecule has 0 aromatic heterocycles. The van der Waals surface area contributed by atoms with E-state index in [-0.39, 0.29) is 0 Å². The van der Waals surface area contributed by atoms with Crippen molar-refractivity contribution in [3.8, 4) is 0 Å². The van der Waals surface area contributed by atoms with Gasteiger partial charge in [0, 0.05) is 0 Å². The molecule has 0 N–H and O–H groups in total. The van der Waals surface area contributed by atoms with Crippen LogP contribution in [0, 0.1) is 0 Å². The Morgan fingerprint density at radius 1 is 0.615 bits per heavy atom. The molecule has 0 rings (SSSR count). The summed E-state index contributed by atoms with van der Waals surface area (Å²) in [6, 6.07) is 0. The van der Waals surface area contributed by atoms with Gasteiger partial charge in [-0.05, 0) is 0 Å². The molecule has 0 atom stereocenters. The predicted molar refractivity (Wildman–Crippen MR) is 48.5 cm³/mol. The van der Waals surface area contributed by atoms with E-state index in [0.717, 1.165) is 0 Å². The van der Waals surface area contributed by atoms with E-state index in [1.54, 1.807) is 0 Å². The van der Waals surface area contributed by atoms with Crippen molar-refractivity contribution in [1.29, 1.82) is 0 Å². The number of rotatable bonds is 4. The molecule has 0 radical (unpaired) electrons. The molecule has 0 heterocycles. The van der Waals surface area contributed by atoms with Crippen LogP contribution in [0.3, 0.4) is 0 Å². The van der Waals surface area contributed by atoms with Crippen LogP contribution in [-0.2, 0) is 19.2 Å². The minimum absolute atomic E-state index is 0.486. The fraction of sp³-hybridized carbons (Fsp3) is 0.500. The summed E-state index contributed by atoms with van der Waals surface area (Å²) in [4.78, 5) is 44.9. The van der Waals surface area contributed by atoms with Crippen LogP contribution in [0.4, 0.5) is 0 Å². The number of hydrogen-bond acceptors (Lipinski definition) is 4. The number of carbonyl (C=O) groups excluding carboxylic acids is 4. The molecular formula is C8H12O4Pb. The van der Waals surface area contributed by atoms with Gasteiger partial charge < -0.3 is 0 Å². The number of hydrogen-bond donors (Lipinski definition) is 0. The van der Waals surface area contributed by atoms with Gasteiger partial charge in [0.1, 0.15) is 0 Å². The molecule has 4 nitrogen and oxygen atoms in total. The summed E-state index contributed by atoms with van der Waals surface area (Å²) in [5, 5.41) is 0. The zero-order valence-corrected chi connectivity index (χ0v) is 12.0. The van der Waals surface area contributed by atoms with Crippen molar-refractivity contribution in [3.63, 3.8) is 0 Å². The molecule has 72 valence electrons. The van der Waals surface area contributed by atoms with Gasteiger partial charge in [-0.1, -0.05) is 0 Å². The van der Waals surface area contributed by atoms with Gasteiger partial charge in [0.15, 0.2) is 0 Å². The van der Waals surface area contributed by atoms with Crippen molar-refractivity contribution >= 4 is 34.5 Å². The standard InChI is InChI=1S/4C2H3O.Pb/c4*1-2-3;/h4*1H3;. The van der Waals surface area contributed by atoms with E-state index in [2.05, 4.69) is 0 Å². The summed E-state index contributed by atoms with van der Waals surface area (Å²) >= 11 is -4.62. The topological polar surface area (TPSA) is 68.3 Å². The molecule has 5 heteroatoms. The van der Waals surface area contributed by atoms with Crippen LogP contribution >= 0.6 is 0 Å². The summed E-state index contributed by atoms with van der Waals surface area (Å²) in [6.45, 7) is 4.69. The molecule has 0 aliphatic heterocycles. The summed E-state index contributed by atoms with van der Waals surface area (Å²) in [5.41, 5.74) is 0. The van der Waals surface area contributed by atoms with Crippen LogP contribution in [0.25, 0.3) is 0 Å². The van der Waals surface area contributed by atoms with Gasteiger partial charge in [0.2, 0.25) is 0 Å². The van der Waals surface area contributed by atoms with E-state index in [9.17, 15) is 19.2 Å².